The Morgan fingerprint density at radius 1 is 1.04 bits per heavy atom. The standard InChI is InChI=1S/C22H22N4O/c1-23-11-6-14-27-19-15-24-13-10-17(19)21-20(16-7-3-2-4-8-16)22-18(26-21)9-5-12-25-22/h2-5,7-10,12-13,15,23,26H,6,11,14H2,1H3. The maximum absolute atomic E-state index is 6.04. The van der Waals surface area contributed by atoms with Crippen molar-refractivity contribution in [3.8, 4) is 28.1 Å². The number of nitrogens with one attached hydrogen (secondary N) is 2. The van der Waals surface area contributed by atoms with E-state index in [-0.39, 0.29) is 0 Å². The van der Waals surface area contributed by atoms with Crippen molar-refractivity contribution in [1.29, 1.82) is 0 Å². The summed E-state index contributed by atoms with van der Waals surface area (Å²) < 4.78 is 6.04. The van der Waals surface area contributed by atoms with Gasteiger partial charge in [0, 0.05) is 23.5 Å². The van der Waals surface area contributed by atoms with E-state index in [1.54, 1.807) is 12.4 Å². The molecule has 1 aromatic carbocycles. The van der Waals surface area contributed by atoms with E-state index in [2.05, 4.69) is 32.4 Å². The van der Waals surface area contributed by atoms with Gasteiger partial charge in [0.15, 0.2) is 0 Å². The van der Waals surface area contributed by atoms with Crippen molar-refractivity contribution < 1.29 is 4.74 Å². The molecule has 5 nitrogen and oxygen atoms in total. The summed E-state index contributed by atoms with van der Waals surface area (Å²) >= 11 is 0. The molecule has 5 heteroatoms. The van der Waals surface area contributed by atoms with Crippen LogP contribution < -0.4 is 10.1 Å². The van der Waals surface area contributed by atoms with E-state index in [9.17, 15) is 0 Å². The molecule has 0 unspecified atom stereocenters. The van der Waals surface area contributed by atoms with Crippen LogP contribution >= 0.6 is 0 Å². The molecule has 2 N–H and O–H groups in total. The molecule has 0 bridgehead atoms. The fourth-order valence-corrected chi connectivity index (χ4v) is 3.24. The molecule has 3 heterocycles. The van der Waals surface area contributed by atoms with E-state index < -0.39 is 0 Å². The molecule has 4 rings (SSSR count). The van der Waals surface area contributed by atoms with Crippen molar-refractivity contribution in [1.82, 2.24) is 20.3 Å². The minimum Gasteiger partial charge on any atom is -0.491 e. The molecule has 0 saturated carbocycles. The van der Waals surface area contributed by atoms with Crippen molar-refractivity contribution >= 4 is 11.0 Å². The smallest absolute Gasteiger partial charge is 0.146 e. The molecule has 0 aliphatic carbocycles. The van der Waals surface area contributed by atoms with Gasteiger partial charge >= 0.3 is 0 Å². The van der Waals surface area contributed by atoms with Crippen molar-refractivity contribution in [3.05, 3.63) is 67.1 Å². The average molecular weight is 358 g/mol. The van der Waals surface area contributed by atoms with E-state index in [1.165, 1.54) is 0 Å². The van der Waals surface area contributed by atoms with Gasteiger partial charge in [-0.3, -0.25) is 9.97 Å². The Labute approximate surface area is 158 Å². The number of ether oxygens (including phenoxy) is 1. The van der Waals surface area contributed by atoms with Crippen molar-refractivity contribution in [3.63, 3.8) is 0 Å². The highest BCUT2D eigenvalue weighted by atomic mass is 16.5. The van der Waals surface area contributed by atoms with Gasteiger partial charge in [0.1, 0.15) is 5.75 Å². The van der Waals surface area contributed by atoms with Gasteiger partial charge in [0.25, 0.3) is 0 Å². The number of benzene rings is 1. The highest BCUT2D eigenvalue weighted by molar-refractivity contribution is 6.02. The summed E-state index contributed by atoms with van der Waals surface area (Å²) in [5.41, 5.74) is 6.15. The molecule has 27 heavy (non-hydrogen) atoms. The normalized spacial score (nSPS) is 11.0. The zero-order valence-corrected chi connectivity index (χ0v) is 15.3. The molecule has 4 aromatic rings. The van der Waals surface area contributed by atoms with Gasteiger partial charge in [-0.2, -0.15) is 0 Å². The number of nitrogens with zero attached hydrogens (tertiary/aromatic N) is 2. The number of fused-ring (bicyclic) bond motifs is 1. The fourth-order valence-electron chi connectivity index (χ4n) is 3.24. The van der Waals surface area contributed by atoms with Gasteiger partial charge in [-0.1, -0.05) is 30.3 Å². The molecule has 0 amide bonds. The Bertz CT molecular complexity index is 1030. The molecule has 0 radical (unpaired) electrons. The molecule has 3 aromatic heterocycles. The van der Waals surface area contributed by atoms with Crippen molar-refractivity contribution in [2.45, 2.75) is 6.42 Å². The predicted molar refractivity (Wildman–Crippen MR) is 109 cm³/mol. The number of H-pyrrole nitrogens is 1. The Morgan fingerprint density at radius 3 is 2.78 bits per heavy atom. The fraction of sp³-hybridized carbons (Fsp3) is 0.182. The number of hydrogen-bond donors (Lipinski definition) is 2. The molecule has 0 atom stereocenters. The van der Waals surface area contributed by atoms with Gasteiger partial charge in [0.2, 0.25) is 0 Å². The highest BCUT2D eigenvalue weighted by Gasteiger charge is 2.18. The topological polar surface area (TPSA) is 62.8 Å². The monoisotopic (exact) mass is 358 g/mol. The summed E-state index contributed by atoms with van der Waals surface area (Å²) in [7, 11) is 1.94. The summed E-state index contributed by atoms with van der Waals surface area (Å²) in [5, 5.41) is 3.14. The maximum Gasteiger partial charge on any atom is 0.146 e. The lowest BCUT2D eigenvalue weighted by atomic mass is 10.0. The van der Waals surface area contributed by atoms with E-state index in [4.69, 9.17) is 4.74 Å². The van der Waals surface area contributed by atoms with E-state index in [1.807, 2.05) is 49.6 Å². The second-order valence-electron chi connectivity index (χ2n) is 6.32. The van der Waals surface area contributed by atoms with Crippen LogP contribution in [0.1, 0.15) is 6.42 Å². The van der Waals surface area contributed by atoms with Crippen LogP contribution in [0.4, 0.5) is 0 Å². The second kappa shape index (κ2) is 8.01. The summed E-state index contributed by atoms with van der Waals surface area (Å²) in [6.07, 6.45) is 6.34. The first-order valence-electron chi connectivity index (χ1n) is 9.12. The minimum absolute atomic E-state index is 0.638. The summed E-state index contributed by atoms with van der Waals surface area (Å²) in [6, 6.07) is 16.3. The molecule has 0 aliphatic heterocycles. The van der Waals surface area contributed by atoms with Crippen LogP contribution in [0.2, 0.25) is 0 Å². The highest BCUT2D eigenvalue weighted by Crippen LogP contribution is 2.40. The van der Waals surface area contributed by atoms with E-state index >= 15 is 0 Å². The molecule has 136 valence electrons. The van der Waals surface area contributed by atoms with Crippen LogP contribution in [0.25, 0.3) is 33.4 Å². The van der Waals surface area contributed by atoms with E-state index in [0.717, 1.165) is 52.1 Å². The Balaban J connectivity index is 1.83. The van der Waals surface area contributed by atoms with Gasteiger partial charge in [-0.05, 0) is 43.8 Å². The number of hydrogen-bond acceptors (Lipinski definition) is 4. The Hall–Kier alpha value is -3.18. The van der Waals surface area contributed by atoms with Gasteiger partial charge in [-0.15, -0.1) is 0 Å². The summed E-state index contributed by atoms with van der Waals surface area (Å²) in [4.78, 5) is 12.4. The number of aromatic amines is 1. The molecule has 0 spiro atoms. The summed E-state index contributed by atoms with van der Waals surface area (Å²) in [5.74, 6) is 0.775. The first-order valence-corrected chi connectivity index (χ1v) is 9.12. The lowest BCUT2D eigenvalue weighted by Gasteiger charge is -2.12. The van der Waals surface area contributed by atoms with Crippen molar-refractivity contribution in [2.24, 2.45) is 0 Å². The zero-order chi connectivity index (χ0) is 18.5. The van der Waals surface area contributed by atoms with Crippen LogP contribution in [0.5, 0.6) is 5.75 Å². The van der Waals surface area contributed by atoms with E-state index in [0.29, 0.717) is 6.61 Å². The van der Waals surface area contributed by atoms with Gasteiger partial charge in [-0.25, -0.2) is 0 Å². The van der Waals surface area contributed by atoms with Crippen molar-refractivity contribution in [2.75, 3.05) is 20.2 Å². The molecule has 0 saturated heterocycles. The Kier molecular flexibility index (Phi) is 5.12. The van der Waals surface area contributed by atoms with Crippen LogP contribution in [0.15, 0.2) is 67.1 Å². The zero-order valence-electron chi connectivity index (χ0n) is 15.3. The summed E-state index contributed by atoms with van der Waals surface area (Å²) in [6.45, 7) is 1.56. The molecule has 0 aliphatic rings. The average Bonchev–Trinajstić information content (AvgIpc) is 3.11. The third-order valence-electron chi connectivity index (χ3n) is 4.50. The number of aromatic nitrogens is 3. The maximum atomic E-state index is 6.04. The first-order chi connectivity index (χ1) is 13.4. The van der Waals surface area contributed by atoms with Crippen LogP contribution in [-0.4, -0.2) is 35.2 Å². The predicted octanol–water partition coefficient (Wildman–Crippen LogP) is 4.28. The van der Waals surface area contributed by atoms with Gasteiger partial charge < -0.3 is 15.0 Å². The number of rotatable bonds is 7. The molecule has 0 fully saturated rings. The molecular formula is C22H22N4O. The molecular weight excluding hydrogens is 336 g/mol. The lowest BCUT2D eigenvalue weighted by Crippen LogP contribution is -2.11. The van der Waals surface area contributed by atoms with Crippen LogP contribution in [0, 0.1) is 0 Å². The van der Waals surface area contributed by atoms with Gasteiger partial charge in [0.05, 0.1) is 29.5 Å². The van der Waals surface area contributed by atoms with Crippen LogP contribution in [0.3, 0.4) is 0 Å². The Morgan fingerprint density at radius 2 is 1.93 bits per heavy atom. The largest absolute Gasteiger partial charge is 0.491 e. The SMILES string of the molecule is CNCCCOc1cnccc1-c1[nH]c2cccnc2c1-c1ccccc1. The number of pyridine rings is 2. The quantitative estimate of drug-likeness (QED) is 0.484. The first kappa shape index (κ1) is 17.2. The van der Waals surface area contributed by atoms with Crippen LogP contribution in [-0.2, 0) is 0 Å². The third kappa shape index (κ3) is 3.55. The second-order valence-corrected chi connectivity index (χ2v) is 6.32. The lowest BCUT2D eigenvalue weighted by molar-refractivity contribution is 0.310. The third-order valence-corrected chi connectivity index (χ3v) is 4.50. The minimum atomic E-state index is 0.638.